The summed E-state index contributed by atoms with van der Waals surface area (Å²) in [5, 5.41) is 12.4. The van der Waals surface area contributed by atoms with Crippen LogP contribution in [-0.2, 0) is 24.2 Å². The van der Waals surface area contributed by atoms with E-state index in [0.29, 0.717) is 11.7 Å². The number of aryl methyl sites for hydroxylation is 2. The van der Waals surface area contributed by atoms with Crippen molar-refractivity contribution in [3.05, 3.63) is 66.5 Å². The lowest BCUT2D eigenvalue weighted by Gasteiger charge is -2.14. The Morgan fingerprint density at radius 3 is 2.45 bits per heavy atom. The molecule has 0 aliphatic heterocycles. The number of pyridine rings is 1. The molecule has 0 aliphatic carbocycles. The first-order valence-electron chi connectivity index (χ1n) is 9.65. The van der Waals surface area contributed by atoms with Crippen LogP contribution in [0.1, 0.15) is 25.0 Å². The third-order valence-electron chi connectivity index (χ3n) is 4.56. The molecule has 0 bridgehead atoms. The molecule has 29 heavy (non-hydrogen) atoms. The van der Waals surface area contributed by atoms with Crippen molar-refractivity contribution in [3.63, 3.8) is 0 Å². The Kier molecular flexibility index (Phi) is 7.19. The maximum absolute atomic E-state index is 12.7. The van der Waals surface area contributed by atoms with Gasteiger partial charge in [-0.05, 0) is 36.1 Å². The van der Waals surface area contributed by atoms with E-state index >= 15 is 0 Å². The Labute approximate surface area is 175 Å². The van der Waals surface area contributed by atoms with Gasteiger partial charge in [-0.25, -0.2) is 0 Å². The van der Waals surface area contributed by atoms with Gasteiger partial charge in [-0.15, -0.1) is 16.8 Å². The zero-order chi connectivity index (χ0) is 20.6. The Bertz CT molecular complexity index is 962. The van der Waals surface area contributed by atoms with Crippen LogP contribution in [0.5, 0.6) is 0 Å². The quantitative estimate of drug-likeness (QED) is 0.421. The summed E-state index contributed by atoms with van der Waals surface area (Å²) in [4.78, 5) is 16.7. The van der Waals surface area contributed by atoms with E-state index in [9.17, 15) is 4.79 Å². The van der Waals surface area contributed by atoms with Gasteiger partial charge in [0.2, 0.25) is 5.91 Å². The van der Waals surface area contributed by atoms with E-state index in [1.165, 1.54) is 11.8 Å². The van der Waals surface area contributed by atoms with Gasteiger partial charge in [0.1, 0.15) is 0 Å². The third-order valence-corrected chi connectivity index (χ3v) is 5.53. The number of rotatable bonds is 9. The summed E-state index contributed by atoms with van der Waals surface area (Å²) in [5.41, 5.74) is 4.17. The Morgan fingerprint density at radius 1 is 1.14 bits per heavy atom. The molecule has 0 radical (unpaired) electrons. The summed E-state index contributed by atoms with van der Waals surface area (Å²) >= 11 is 1.37. The van der Waals surface area contributed by atoms with Crippen molar-refractivity contribution in [2.75, 3.05) is 11.1 Å². The van der Waals surface area contributed by atoms with Crippen LogP contribution < -0.4 is 5.32 Å². The number of nitrogens with one attached hydrogen (secondary N) is 1. The number of para-hydroxylation sites is 1. The Balaban J connectivity index is 1.74. The van der Waals surface area contributed by atoms with E-state index in [4.69, 9.17) is 0 Å². The minimum atomic E-state index is -0.0517. The highest BCUT2D eigenvalue weighted by atomic mass is 32.2. The van der Waals surface area contributed by atoms with Gasteiger partial charge in [0.05, 0.1) is 5.75 Å². The molecule has 150 valence electrons. The molecule has 0 spiro atoms. The molecule has 0 saturated carbocycles. The lowest BCUT2D eigenvalue weighted by molar-refractivity contribution is -0.113. The van der Waals surface area contributed by atoms with Crippen LogP contribution in [-0.4, -0.2) is 31.4 Å². The summed E-state index contributed by atoms with van der Waals surface area (Å²) in [5.74, 6) is 0.941. The number of allylic oxidation sites excluding steroid dienone is 1. The van der Waals surface area contributed by atoms with E-state index in [1.807, 2.05) is 22.8 Å². The van der Waals surface area contributed by atoms with Gasteiger partial charge in [-0.2, -0.15) is 0 Å². The lowest BCUT2D eigenvalue weighted by atomic mass is 10.0. The first-order valence-corrected chi connectivity index (χ1v) is 10.6. The minimum Gasteiger partial charge on any atom is -0.325 e. The molecule has 1 amide bonds. The molecule has 0 unspecified atom stereocenters. The van der Waals surface area contributed by atoms with E-state index in [0.717, 1.165) is 41.0 Å². The zero-order valence-corrected chi connectivity index (χ0v) is 17.6. The molecule has 0 saturated heterocycles. The highest BCUT2D eigenvalue weighted by Gasteiger charge is 2.16. The normalized spacial score (nSPS) is 10.7. The first-order chi connectivity index (χ1) is 14.2. The Morgan fingerprint density at radius 2 is 1.83 bits per heavy atom. The van der Waals surface area contributed by atoms with Crippen LogP contribution in [0.4, 0.5) is 5.69 Å². The zero-order valence-electron chi connectivity index (χ0n) is 16.8. The number of hydrogen-bond donors (Lipinski definition) is 1. The molecule has 1 aromatic carbocycles. The fourth-order valence-electron chi connectivity index (χ4n) is 3.11. The summed E-state index contributed by atoms with van der Waals surface area (Å²) in [6.07, 6.45) is 6.99. The van der Waals surface area contributed by atoms with Crippen molar-refractivity contribution in [1.29, 1.82) is 0 Å². The molecule has 2 aromatic heterocycles. The second kappa shape index (κ2) is 10.0. The summed E-state index contributed by atoms with van der Waals surface area (Å²) in [7, 11) is 0. The Hall–Kier alpha value is -2.93. The van der Waals surface area contributed by atoms with Crippen LogP contribution in [0.3, 0.4) is 0 Å². The maximum atomic E-state index is 12.7. The van der Waals surface area contributed by atoms with E-state index in [2.05, 4.69) is 53.1 Å². The molecule has 0 aliphatic rings. The van der Waals surface area contributed by atoms with Gasteiger partial charge in [0.25, 0.3) is 0 Å². The number of carbonyl (C=O) groups excluding carboxylic acids is 1. The van der Waals surface area contributed by atoms with Crippen LogP contribution >= 0.6 is 11.8 Å². The number of benzene rings is 1. The molecule has 2 heterocycles. The second-order valence-corrected chi connectivity index (χ2v) is 7.38. The summed E-state index contributed by atoms with van der Waals surface area (Å²) in [6, 6.07) is 9.94. The number of nitrogens with zero attached hydrogens (tertiary/aromatic N) is 4. The SMILES string of the molecule is C=CCn1c(SCC(=O)Nc2c(CC)cccc2CC)nnc1-c1ccncc1. The predicted molar refractivity (Wildman–Crippen MR) is 118 cm³/mol. The first kappa shape index (κ1) is 20.8. The van der Waals surface area contributed by atoms with Crippen LogP contribution in [0.15, 0.2) is 60.5 Å². The minimum absolute atomic E-state index is 0.0517. The predicted octanol–water partition coefficient (Wildman–Crippen LogP) is 4.38. The number of carbonyl (C=O) groups is 1. The molecular formula is C22H25N5OS. The van der Waals surface area contributed by atoms with Crippen molar-refractivity contribution < 1.29 is 4.79 Å². The number of amides is 1. The van der Waals surface area contributed by atoms with Gasteiger partial charge >= 0.3 is 0 Å². The fraction of sp³-hybridized carbons (Fsp3) is 0.273. The van der Waals surface area contributed by atoms with Crippen molar-refractivity contribution in [1.82, 2.24) is 19.7 Å². The maximum Gasteiger partial charge on any atom is 0.234 e. The molecule has 3 aromatic rings. The average Bonchev–Trinajstić information content (AvgIpc) is 3.16. The number of hydrogen-bond acceptors (Lipinski definition) is 5. The summed E-state index contributed by atoms with van der Waals surface area (Å²) < 4.78 is 1.96. The van der Waals surface area contributed by atoms with Crippen LogP contribution in [0.2, 0.25) is 0 Å². The van der Waals surface area contributed by atoms with Crippen molar-refractivity contribution >= 4 is 23.4 Å². The van der Waals surface area contributed by atoms with Gasteiger partial charge in [0, 0.05) is 30.2 Å². The molecule has 3 rings (SSSR count). The van der Waals surface area contributed by atoms with Crippen LogP contribution in [0.25, 0.3) is 11.4 Å². The van der Waals surface area contributed by atoms with Gasteiger partial charge in [0.15, 0.2) is 11.0 Å². The molecule has 7 heteroatoms. The molecule has 0 fully saturated rings. The van der Waals surface area contributed by atoms with Gasteiger partial charge in [-0.1, -0.05) is 49.9 Å². The van der Waals surface area contributed by atoms with Crippen molar-refractivity contribution in [2.45, 2.75) is 38.4 Å². The monoisotopic (exact) mass is 407 g/mol. The van der Waals surface area contributed by atoms with Crippen LogP contribution in [0, 0.1) is 0 Å². The molecule has 6 nitrogen and oxygen atoms in total. The average molecular weight is 408 g/mol. The van der Waals surface area contributed by atoms with Gasteiger partial charge in [-0.3, -0.25) is 14.3 Å². The topological polar surface area (TPSA) is 72.7 Å². The molecule has 0 atom stereocenters. The third kappa shape index (κ3) is 4.92. The number of anilines is 1. The largest absolute Gasteiger partial charge is 0.325 e. The highest BCUT2D eigenvalue weighted by Crippen LogP contribution is 2.25. The molecule has 1 N–H and O–H groups in total. The van der Waals surface area contributed by atoms with Gasteiger partial charge < -0.3 is 5.32 Å². The smallest absolute Gasteiger partial charge is 0.234 e. The van der Waals surface area contributed by atoms with E-state index in [1.54, 1.807) is 18.5 Å². The van der Waals surface area contributed by atoms with E-state index < -0.39 is 0 Å². The number of thioether (sulfide) groups is 1. The summed E-state index contributed by atoms with van der Waals surface area (Å²) in [6.45, 7) is 8.58. The highest BCUT2D eigenvalue weighted by molar-refractivity contribution is 7.99. The van der Waals surface area contributed by atoms with Crippen molar-refractivity contribution in [3.8, 4) is 11.4 Å². The molecular weight excluding hydrogens is 382 g/mol. The number of aromatic nitrogens is 4. The standard InChI is InChI=1S/C22H25N5OS/c1-4-14-27-21(18-10-12-23-13-11-18)25-26-22(27)29-15-19(28)24-20-16(5-2)8-7-9-17(20)6-3/h4,7-13H,1,5-6,14-15H2,2-3H3,(H,24,28). The van der Waals surface area contributed by atoms with E-state index in [-0.39, 0.29) is 11.7 Å². The fourth-order valence-corrected chi connectivity index (χ4v) is 3.86. The second-order valence-electron chi connectivity index (χ2n) is 6.44. The van der Waals surface area contributed by atoms with Crippen molar-refractivity contribution in [2.24, 2.45) is 0 Å². The lowest BCUT2D eigenvalue weighted by Crippen LogP contribution is -2.17.